The molecule has 0 fully saturated rings. The lowest BCUT2D eigenvalue weighted by molar-refractivity contribution is -0.133. The lowest BCUT2D eigenvalue weighted by atomic mass is 10.1. The van der Waals surface area contributed by atoms with E-state index in [9.17, 15) is 9.59 Å². The van der Waals surface area contributed by atoms with Gasteiger partial charge in [0.05, 0.1) is 22.2 Å². The molecule has 4 nitrogen and oxygen atoms in total. The van der Waals surface area contributed by atoms with E-state index in [2.05, 4.69) is 4.98 Å². The van der Waals surface area contributed by atoms with Crippen molar-refractivity contribution in [2.45, 2.75) is 13.3 Å². The molecule has 26 heavy (non-hydrogen) atoms. The van der Waals surface area contributed by atoms with Gasteiger partial charge < -0.3 is 4.74 Å². The number of Topliss-reactive ketones (excluding diaryl/α,β-unsaturated/α-hetero) is 1. The number of carbonyl (C=O) groups excluding carboxylic acids is 2. The van der Waals surface area contributed by atoms with Gasteiger partial charge in [0.25, 0.3) is 0 Å². The fraction of sp³-hybridized carbons (Fsp3) is 0.105. The summed E-state index contributed by atoms with van der Waals surface area (Å²) in [4.78, 5) is 27.8. The summed E-state index contributed by atoms with van der Waals surface area (Å²) < 4.78 is 5.28. The van der Waals surface area contributed by atoms with Gasteiger partial charge >= 0.3 is 5.97 Å². The minimum Gasteiger partial charge on any atom is -0.426 e. The summed E-state index contributed by atoms with van der Waals surface area (Å²) in [6.45, 7) is 1.48. The maximum absolute atomic E-state index is 12.1. The summed E-state index contributed by atoms with van der Waals surface area (Å²) in [6.07, 6.45) is 0.0209. The van der Waals surface area contributed by atoms with Gasteiger partial charge in [-0.2, -0.15) is 0 Å². The van der Waals surface area contributed by atoms with Crippen LogP contribution in [0.1, 0.15) is 23.0 Å². The number of ketones is 1. The van der Waals surface area contributed by atoms with E-state index in [1.807, 2.05) is 0 Å². The van der Waals surface area contributed by atoms with Crippen LogP contribution in [0.4, 0.5) is 0 Å². The van der Waals surface area contributed by atoms with Crippen molar-refractivity contribution in [3.63, 3.8) is 0 Å². The minimum atomic E-state index is -0.442. The predicted molar refractivity (Wildman–Crippen MR) is 103 cm³/mol. The highest BCUT2D eigenvalue weighted by Crippen LogP contribution is 2.36. The molecule has 132 valence electrons. The van der Waals surface area contributed by atoms with E-state index in [1.165, 1.54) is 18.3 Å². The molecule has 0 spiro atoms. The molecular weight excluding hydrogens is 393 g/mol. The molecular formula is C19H13Cl2NO3S. The number of nitrogens with zero attached hydrogens (tertiary/aromatic N) is 1. The lowest BCUT2D eigenvalue weighted by Gasteiger charge is -2.04. The van der Waals surface area contributed by atoms with E-state index in [-0.39, 0.29) is 12.2 Å². The molecule has 0 radical (unpaired) electrons. The van der Waals surface area contributed by atoms with Crippen LogP contribution in [0.2, 0.25) is 10.0 Å². The summed E-state index contributed by atoms with van der Waals surface area (Å²) in [6, 6.07) is 11.6. The van der Waals surface area contributed by atoms with E-state index in [0.29, 0.717) is 37.6 Å². The number of halogens is 2. The van der Waals surface area contributed by atoms with E-state index >= 15 is 0 Å². The molecule has 2 aromatic carbocycles. The summed E-state index contributed by atoms with van der Waals surface area (Å²) in [5, 5.41) is 3.43. The molecule has 0 atom stereocenters. The Labute approximate surface area is 164 Å². The fourth-order valence-corrected chi connectivity index (χ4v) is 3.86. The van der Waals surface area contributed by atoms with Gasteiger partial charge in [0.2, 0.25) is 0 Å². The van der Waals surface area contributed by atoms with Crippen molar-refractivity contribution in [3.05, 3.63) is 69.1 Å². The molecule has 3 aromatic rings. The van der Waals surface area contributed by atoms with Gasteiger partial charge in [-0.05, 0) is 43.3 Å². The number of thiazole rings is 1. The molecule has 1 aromatic heterocycles. The Kier molecular flexibility index (Phi) is 5.71. The van der Waals surface area contributed by atoms with Crippen LogP contribution in [-0.2, 0) is 11.2 Å². The van der Waals surface area contributed by atoms with Crippen LogP contribution < -0.4 is 4.74 Å². The maximum atomic E-state index is 12.1. The third-order valence-corrected chi connectivity index (χ3v) is 5.08. The second kappa shape index (κ2) is 7.99. The number of rotatable bonds is 5. The van der Waals surface area contributed by atoms with Crippen LogP contribution in [0.5, 0.6) is 5.75 Å². The van der Waals surface area contributed by atoms with Crippen LogP contribution in [0.15, 0.2) is 47.8 Å². The Bertz CT molecular complexity index is 947. The molecule has 0 saturated heterocycles. The minimum absolute atomic E-state index is 0.0209. The van der Waals surface area contributed by atoms with E-state index in [0.717, 1.165) is 0 Å². The largest absolute Gasteiger partial charge is 0.426 e. The molecule has 0 saturated carbocycles. The highest BCUT2D eigenvalue weighted by Gasteiger charge is 2.15. The van der Waals surface area contributed by atoms with E-state index in [4.69, 9.17) is 27.9 Å². The number of esters is 1. The molecule has 0 unspecified atom stereocenters. The van der Waals surface area contributed by atoms with Crippen LogP contribution in [0.3, 0.4) is 0 Å². The zero-order chi connectivity index (χ0) is 18.7. The average Bonchev–Trinajstić information content (AvgIpc) is 3.03. The average molecular weight is 406 g/mol. The van der Waals surface area contributed by atoms with Crippen molar-refractivity contribution >= 4 is 46.3 Å². The van der Waals surface area contributed by atoms with Gasteiger partial charge in [-0.25, -0.2) is 4.98 Å². The van der Waals surface area contributed by atoms with Crippen molar-refractivity contribution in [1.82, 2.24) is 4.98 Å². The maximum Gasteiger partial charge on any atom is 0.317 e. The second-order valence-corrected chi connectivity index (χ2v) is 7.14. The zero-order valence-corrected chi connectivity index (χ0v) is 16.0. The fourth-order valence-electron chi connectivity index (χ4n) is 2.28. The number of carbonyl (C=O) groups is 2. The Morgan fingerprint density at radius 3 is 2.35 bits per heavy atom. The molecule has 0 aliphatic heterocycles. The Morgan fingerprint density at radius 1 is 1.08 bits per heavy atom. The van der Waals surface area contributed by atoms with Crippen molar-refractivity contribution in [3.8, 4) is 16.3 Å². The topological polar surface area (TPSA) is 56.3 Å². The summed E-state index contributed by atoms with van der Waals surface area (Å²) >= 11 is 13.7. The quantitative estimate of drug-likeness (QED) is 0.320. The highest BCUT2D eigenvalue weighted by atomic mass is 35.5. The van der Waals surface area contributed by atoms with Crippen molar-refractivity contribution in [1.29, 1.82) is 0 Å². The summed E-state index contributed by atoms with van der Waals surface area (Å²) in [5.41, 5.74) is 1.79. The Balaban J connectivity index is 1.69. The van der Waals surface area contributed by atoms with Crippen LogP contribution in [0.25, 0.3) is 10.6 Å². The smallest absolute Gasteiger partial charge is 0.317 e. The van der Waals surface area contributed by atoms with Gasteiger partial charge in [-0.15, -0.1) is 11.3 Å². The Morgan fingerprint density at radius 2 is 1.73 bits per heavy atom. The first-order valence-corrected chi connectivity index (χ1v) is 9.28. The molecule has 0 amide bonds. The molecule has 0 bridgehead atoms. The van der Waals surface area contributed by atoms with Crippen LogP contribution in [0, 0.1) is 0 Å². The molecule has 3 rings (SSSR count). The monoisotopic (exact) mass is 405 g/mol. The molecule has 7 heteroatoms. The number of hydrogen-bond acceptors (Lipinski definition) is 5. The number of ether oxygens (including phenoxy) is 1. The van der Waals surface area contributed by atoms with E-state index < -0.39 is 5.97 Å². The van der Waals surface area contributed by atoms with Gasteiger partial charge in [-0.3, -0.25) is 9.59 Å². The Hall–Kier alpha value is -2.21. The molecule has 0 aliphatic carbocycles. The SMILES string of the molecule is CC(=O)c1ccc(OC(=O)Cc2csc(-c3c(Cl)cccc3Cl)n2)cc1. The lowest BCUT2D eigenvalue weighted by Crippen LogP contribution is -2.11. The van der Waals surface area contributed by atoms with Crippen molar-refractivity contribution < 1.29 is 14.3 Å². The standard InChI is InChI=1S/C19H13Cl2NO3S/c1-11(23)12-5-7-14(8-6-12)25-17(24)9-13-10-26-19(22-13)18-15(20)3-2-4-16(18)21/h2-8,10H,9H2,1H3. The first kappa shape index (κ1) is 18.6. The first-order valence-electron chi connectivity index (χ1n) is 7.64. The first-order chi connectivity index (χ1) is 12.4. The third-order valence-electron chi connectivity index (χ3n) is 3.55. The van der Waals surface area contributed by atoms with Crippen molar-refractivity contribution in [2.24, 2.45) is 0 Å². The zero-order valence-electron chi connectivity index (χ0n) is 13.7. The van der Waals surface area contributed by atoms with Crippen molar-refractivity contribution in [2.75, 3.05) is 0 Å². The summed E-state index contributed by atoms with van der Waals surface area (Å²) in [7, 11) is 0. The molecule has 0 N–H and O–H groups in total. The predicted octanol–water partition coefficient (Wildman–Crippen LogP) is 5.47. The second-order valence-electron chi connectivity index (χ2n) is 5.47. The van der Waals surface area contributed by atoms with Crippen LogP contribution in [-0.4, -0.2) is 16.7 Å². The van der Waals surface area contributed by atoms with Crippen LogP contribution >= 0.6 is 34.5 Å². The van der Waals surface area contributed by atoms with E-state index in [1.54, 1.807) is 47.8 Å². The summed E-state index contributed by atoms with van der Waals surface area (Å²) in [5.74, 6) is -0.108. The number of benzene rings is 2. The third kappa shape index (κ3) is 4.30. The van der Waals surface area contributed by atoms with Gasteiger partial charge in [-0.1, -0.05) is 29.3 Å². The van der Waals surface area contributed by atoms with Gasteiger partial charge in [0.1, 0.15) is 10.8 Å². The number of hydrogen-bond donors (Lipinski definition) is 0. The molecule has 0 aliphatic rings. The van der Waals surface area contributed by atoms with Gasteiger partial charge in [0, 0.05) is 16.5 Å². The van der Waals surface area contributed by atoms with Gasteiger partial charge in [0.15, 0.2) is 5.78 Å². The normalized spacial score (nSPS) is 10.6. The highest BCUT2D eigenvalue weighted by molar-refractivity contribution is 7.13. The molecule has 1 heterocycles. The number of aromatic nitrogens is 1.